The summed E-state index contributed by atoms with van der Waals surface area (Å²) in [5.74, 6) is -0.478. The van der Waals surface area contributed by atoms with E-state index in [1.807, 2.05) is 51.1 Å². The predicted octanol–water partition coefficient (Wildman–Crippen LogP) is 3.21. The molecule has 0 aliphatic carbocycles. The number of carbonyl (C=O) groups excluding carboxylic acids is 2. The van der Waals surface area contributed by atoms with Crippen LogP contribution in [0.5, 0.6) is 0 Å². The van der Waals surface area contributed by atoms with E-state index in [9.17, 15) is 14.4 Å². The highest BCUT2D eigenvalue weighted by molar-refractivity contribution is 7.99. The normalized spacial score (nSPS) is 11.4. The Morgan fingerprint density at radius 1 is 1.00 bits per heavy atom. The maximum atomic E-state index is 13.0. The van der Waals surface area contributed by atoms with Crippen LogP contribution in [0.15, 0.2) is 69.0 Å². The summed E-state index contributed by atoms with van der Waals surface area (Å²) in [6, 6.07) is 16.0. The van der Waals surface area contributed by atoms with E-state index in [2.05, 4.69) is 25.9 Å². The van der Waals surface area contributed by atoms with Crippen LogP contribution in [0.25, 0.3) is 22.4 Å². The second-order valence-electron chi connectivity index (χ2n) is 8.76. The lowest BCUT2D eigenvalue weighted by Gasteiger charge is -2.20. The van der Waals surface area contributed by atoms with E-state index in [4.69, 9.17) is 4.42 Å². The molecule has 0 saturated heterocycles. The van der Waals surface area contributed by atoms with Crippen molar-refractivity contribution in [3.8, 4) is 11.6 Å². The van der Waals surface area contributed by atoms with Crippen LogP contribution in [0.2, 0.25) is 0 Å². The third kappa shape index (κ3) is 6.12. The molecule has 2 N–H and O–H groups in total. The number of nitrogens with one attached hydrogen (secondary N) is 2. The summed E-state index contributed by atoms with van der Waals surface area (Å²) in [5, 5.41) is 18.7. The minimum absolute atomic E-state index is 0.0964. The number of nitrogens with zero attached hydrogens (tertiary/aromatic N) is 4. The van der Waals surface area contributed by atoms with Crippen LogP contribution in [-0.4, -0.2) is 43.2 Å². The lowest BCUT2D eigenvalue weighted by Crippen LogP contribution is -2.48. The van der Waals surface area contributed by atoms with E-state index in [0.717, 1.165) is 17.3 Å². The number of hydrogen-bond acceptors (Lipinski definition) is 8. The van der Waals surface area contributed by atoms with Crippen LogP contribution in [-0.2, 0) is 11.3 Å². The molecule has 35 heavy (non-hydrogen) atoms. The van der Waals surface area contributed by atoms with Gasteiger partial charge in [0.25, 0.3) is 16.7 Å². The molecular formula is C24H24N6O4S. The zero-order valence-electron chi connectivity index (χ0n) is 19.4. The van der Waals surface area contributed by atoms with E-state index in [-0.39, 0.29) is 29.0 Å². The van der Waals surface area contributed by atoms with E-state index in [1.165, 1.54) is 4.68 Å². The largest absolute Gasteiger partial charge is 0.409 e. The van der Waals surface area contributed by atoms with Crippen molar-refractivity contribution in [1.82, 2.24) is 30.6 Å². The second kappa shape index (κ2) is 10.1. The van der Waals surface area contributed by atoms with E-state index in [1.54, 1.807) is 24.3 Å². The van der Waals surface area contributed by atoms with Crippen molar-refractivity contribution >= 4 is 34.5 Å². The van der Waals surface area contributed by atoms with Crippen molar-refractivity contribution in [3.63, 3.8) is 0 Å². The minimum atomic E-state index is -0.578. The Hall–Kier alpha value is -3.99. The Morgan fingerprint density at radius 3 is 2.40 bits per heavy atom. The Bertz CT molecular complexity index is 1430. The van der Waals surface area contributed by atoms with Gasteiger partial charge in [-0.05, 0) is 32.4 Å². The summed E-state index contributed by atoms with van der Waals surface area (Å²) in [6.45, 7) is 5.72. The van der Waals surface area contributed by atoms with Crippen LogP contribution in [0.4, 0.5) is 4.79 Å². The fourth-order valence-electron chi connectivity index (χ4n) is 3.28. The van der Waals surface area contributed by atoms with Crippen LogP contribution in [0.3, 0.4) is 0 Å². The number of hydrogen-bond donors (Lipinski definition) is 2. The number of imide groups is 1. The molecule has 0 aliphatic heterocycles. The van der Waals surface area contributed by atoms with Crippen LogP contribution >= 0.6 is 11.8 Å². The van der Waals surface area contributed by atoms with E-state index in [0.29, 0.717) is 16.5 Å². The number of rotatable bonds is 6. The molecule has 4 rings (SSSR count). The first kappa shape index (κ1) is 24.1. The summed E-state index contributed by atoms with van der Waals surface area (Å²) in [6.07, 6.45) is 0. The molecule has 0 radical (unpaired) electrons. The predicted molar refractivity (Wildman–Crippen MR) is 132 cm³/mol. The first-order chi connectivity index (χ1) is 16.7. The lowest BCUT2D eigenvalue weighted by molar-refractivity contribution is -0.117. The first-order valence-corrected chi connectivity index (χ1v) is 11.8. The second-order valence-corrected chi connectivity index (χ2v) is 9.68. The van der Waals surface area contributed by atoms with Crippen molar-refractivity contribution in [1.29, 1.82) is 0 Å². The highest BCUT2D eigenvalue weighted by atomic mass is 32.2. The molecule has 3 amide bonds. The van der Waals surface area contributed by atoms with E-state index < -0.39 is 17.5 Å². The van der Waals surface area contributed by atoms with Crippen molar-refractivity contribution in [2.24, 2.45) is 0 Å². The zero-order valence-corrected chi connectivity index (χ0v) is 20.3. The molecule has 0 saturated carbocycles. The highest BCUT2D eigenvalue weighted by Gasteiger charge is 2.19. The molecule has 2 aromatic heterocycles. The summed E-state index contributed by atoms with van der Waals surface area (Å²) >= 11 is 0.991. The fraction of sp³-hybridized carbons (Fsp3) is 0.250. The quantitative estimate of drug-likeness (QED) is 0.392. The third-order valence-electron chi connectivity index (χ3n) is 4.72. The van der Waals surface area contributed by atoms with Gasteiger partial charge in [-0.2, -0.15) is 5.10 Å². The molecule has 11 heteroatoms. The van der Waals surface area contributed by atoms with Gasteiger partial charge in [-0.25, -0.2) is 9.48 Å². The molecule has 10 nitrogen and oxygen atoms in total. The molecule has 0 atom stereocenters. The molecular weight excluding hydrogens is 468 g/mol. The number of amides is 3. The van der Waals surface area contributed by atoms with Gasteiger partial charge in [0.1, 0.15) is 0 Å². The molecule has 2 heterocycles. The van der Waals surface area contributed by atoms with Crippen LogP contribution < -0.4 is 16.2 Å². The van der Waals surface area contributed by atoms with Gasteiger partial charge in [0, 0.05) is 10.9 Å². The molecule has 0 aliphatic rings. The number of urea groups is 1. The van der Waals surface area contributed by atoms with Gasteiger partial charge in [-0.15, -0.1) is 10.2 Å². The van der Waals surface area contributed by atoms with Gasteiger partial charge < -0.3 is 9.73 Å². The summed E-state index contributed by atoms with van der Waals surface area (Å²) in [5.41, 5.74) is 0.592. The lowest BCUT2D eigenvalue weighted by atomic mass is 10.1. The highest BCUT2D eigenvalue weighted by Crippen LogP contribution is 2.26. The molecule has 0 spiro atoms. The molecule has 0 bridgehead atoms. The minimum Gasteiger partial charge on any atom is -0.409 e. The smallest absolute Gasteiger partial charge is 0.321 e. The van der Waals surface area contributed by atoms with Gasteiger partial charge in [0.2, 0.25) is 5.91 Å². The topological polar surface area (TPSA) is 132 Å². The Balaban J connectivity index is 1.55. The first-order valence-electron chi connectivity index (χ1n) is 10.8. The maximum absolute atomic E-state index is 13.0. The zero-order chi connectivity index (χ0) is 25.0. The van der Waals surface area contributed by atoms with Gasteiger partial charge in [-0.3, -0.25) is 14.9 Å². The number of thioether (sulfide) groups is 1. The van der Waals surface area contributed by atoms with Crippen molar-refractivity contribution in [2.75, 3.05) is 5.75 Å². The number of aromatic nitrogens is 4. The monoisotopic (exact) mass is 492 g/mol. The SMILES string of the molecule is CC(C)(C)NC(=O)NC(=O)CSc1nnc(-c2nn(Cc3ccccc3)c(=O)c3ccccc23)o1. The molecule has 180 valence electrons. The maximum Gasteiger partial charge on any atom is 0.321 e. The summed E-state index contributed by atoms with van der Waals surface area (Å²) < 4.78 is 7.11. The molecule has 2 aromatic carbocycles. The Labute approximate surface area is 205 Å². The number of carbonyl (C=O) groups is 2. The van der Waals surface area contributed by atoms with Gasteiger partial charge in [0.05, 0.1) is 17.7 Å². The summed E-state index contributed by atoms with van der Waals surface area (Å²) in [7, 11) is 0. The van der Waals surface area contributed by atoms with Crippen molar-refractivity contribution in [3.05, 3.63) is 70.5 Å². The third-order valence-corrected chi connectivity index (χ3v) is 5.54. The fourth-order valence-corrected chi connectivity index (χ4v) is 3.85. The van der Waals surface area contributed by atoms with Crippen LogP contribution in [0.1, 0.15) is 26.3 Å². The number of benzene rings is 2. The van der Waals surface area contributed by atoms with Crippen LogP contribution in [0, 0.1) is 0 Å². The standard InChI is InChI=1S/C24H24N6O4S/c1-24(2,3)26-22(33)25-18(31)14-35-23-28-27-20(34-23)19-16-11-7-8-12-17(16)21(32)30(29-19)13-15-9-5-4-6-10-15/h4-12H,13-14H2,1-3H3,(H2,25,26,31,33). The van der Waals surface area contributed by atoms with E-state index >= 15 is 0 Å². The molecule has 4 aromatic rings. The average Bonchev–Trinajstić information content (AvgIpc) is 3.28. The Morgan fingerprint density at radius 2 is 1.69 bits per heavy atom. The number of fused-ring (bicyclic) bond motifs is 1. The average molecular weight is 493 g/mol. The molecule has 0 unspecified atom stereocenters. The van der Waals surface area contributed by atoms with Crippen molar-refractivity contribution < 1.29 is 14.0 Å². The summed E-state index contributed by atoms with van der Waals surface area (Å²) in [4.78, 5) is 37.0. The van der Waals surface area contributed by atoms with Gasteiger partial charge >= 0.3 is 6.03 Å². The van der Waals surface area contributed by atoms with Crippen molar-refractivity contribution in [2.45, 2.75) is 38.1 Å². The van der Waals surface area contributed by atoms with Gasteiger partial charge in [0.15, 0.2) is 5.69 Å². The van der Waals surface area contributed by atoms with Gasteiger partial charge in [-0.1, -0.05) is 60.3 Å². The molecule has 0 fully saturated rings. The Kier molecular flexibility index (Phi) is 6.97.